The topological polar surface area (TPSA) is 82.8 Å². The predicted octanol–water partition coefficient (Wildman–Crippen LogP) is 2.39. The Morgan fingerprint density at radius 2 is 2.00 bits per heavy atom. The molecule has 1 aliphatic heterocycles. The van der Waals surface area contributed by atoms with Gasteiger partial charge >= 0.3 is 0 Å². The van der Waals surface area contributed by atoms with Crippen molar-refractivity contribution >= 4 is 35.8 Å². The summed E-state index contributed by atoms with van der Waals surface area (Å²) in [5.41, 5.74) is 7.04. The largest absolute Gasteiger partial charge is 0.369 e. The summed E-state index contributed by atoms with van der Waals surface area (Å²) in [6, 6.07) is 5.12. The summed E-state index contributed by atoms with van der Waals surface area (Å²) in [5.74, 6) is 0.468. The Labute approximate surface area is 184 Å². The van der Waals surface area contributed by atoms with E-state index in [1.165, 1.54) is 6.07 Å². The van der Waals surface area contributed by atoms with Crippen molar-refractivity contribution in [3.05, 3.63) is 35.1 Å². The Kier molecular flexibility index (Phi) is 11.4. The summed E-state index contributed by atoms with van der Waals surface area (Å²) in [4.78, 5) is 17.8. The van der Waals surface area contributed by atoms with Crippen molar-refractivity contribution in [2.75, 3.05) is 33.2 Å². The highest BCUT2D eigenvalue weighted by atomic mass is 127. The maximum absolute atomic E-state index is 13.3. The lowest BCUT2D eigenvalue weighted by Crippen LogP contribution is -2.39. The monoisotopic (exact) mass is 505 g/mol. The highest BCUT2D eigenvalue weighted by Gasteiger charge is 2.22. The van der Waals surface area contributed by atoms with Gasteiger partial charge in [-0.3, -0.25) is 9.79 Å². The van der Waals surface area contributed by atoms with Crippen molar-refractivity contribution < 1.29 is 9.18 Å². The summed E-state index contributed by atoms with van der Waals surface area (Å²) >= 11 is 0. The molecular weight excluding hydrogens is 472 g/mol. The molecule has 1 saturated heterocycles. The lowest BCUT2D eigenvalue weighted by atomic mass is 9.96. The number of benzene rings is 1. The van der Waals surface area contributed by atoms with Crippen LogP contribution >= 0.6 is 24.0 Å². The Morgan fingerprint density at radius 3 is 2.61 bits per heavy atom. The van der Waals surface area contributed by atoms with Crippen LogP contribution < -0.4 is 16.4 Å². The normalized spacial score (nSPS) is 15.8. The number of likely N-dealkylation sites (tertiary alicyclic amines) is 1. The minimum absolute atomic E-state index is 0. The molecule has 0 bridgehead atoms. The van der Waals surface area contributed by atoms with Crippen molar-refractivity contribution in [1.82, 2.24) is 15.5 Å². The average Bonchev–Trinajstić information content (AvgIpc) is 2.67. The zero-order valence-corrected chi connectivity index (χ0v) is 19.2. The van der Waals surface area contributed by atoms with Crippen molar-refractivity contribution in [2.24, 2.45) is 16.6 Å². The fourth-order valence-corrected chi connectivity index (χ4v) is 3.33. The summed E-state index contributed by atoms with van der Waals surface area (Å²) in [6.07, 6.45) is 3.91. The van der Waals surface area contributed by atoms with E-state index in [4.69, 9.17) is 5.73 Å². The van der Waals surface area contributed by atoms with E-state index in [0.29, 0.717) is 12.1 Å². The summed E-state index contributed by atoms with van der Waals surface area (Å²) in [6.45, 7) is 6.19. The van der Waals surface area contributed by atoms with Gasteiger partial charge in [-0.2, -0.15) is 0 Å². The zero-order chi connectivity index (χ0) is 19.6. The van der Waals surface area contributed by atoms with Crippen molar-refractivity contribution in [1.29, 1.82) is 0 Å². The second kappa shape index (κ2) is 12.9. The van der Waals surface area contributed by atoms with Crippen molar-refractivity contribution in [2.45, 2.75) is 39.2 Å². The molecule has 1 amide bonds. The number of nitrogens with two attached hydrogens (primary N) is 1. The fraction of sp³-hybridized carbons (Fsp3) is 0.600. The number of rotatable bonds is 8. The molecule has 0 radical (unpaired) electrons. The maximum Gasteiger partial charge on any atom is 0.220 e. The molecule has 1 fully saturated rings. The molecule has 0 aromatic heterocycles. The minimum atomic E-state index is -0.180. The molecule has 0 aliphatic carbocycles. The van der Waals surface area contributed by atoms with Crippen molar-refractivity contribution in [3.8, 4) is 0 Å². The summed E-state index contributed by atoms with van der Waals surface area (Å²) < 4.78 is 13.3. The molecular formula is C20H33FIN5O. The molecule has 1 heterocycles. The van der Waals surface area contributed by atoms with Gasteiger partial charge in [0, 0.05) is 26.1 Å². The number of hydrogen-bond acceptors (Lipinski definition) is 3. The van der Waals surface area contributed by atoms with E-state index < -0.39 is 0 Å². The van der Waals surface area contributed by atoms with E-state index >= 15 is 0 Å². The van der Waals surface area contributed by atoms with Crippen LogP contribution in [0.15, 0.2) is 23.2 Å². The van der Waals surface area contributed by atoms with E-state index in [9.17, 15) is 9.18 Å². The van der Waals surface area contributed by atoms with Gasteiger partial charge in [0.15, 0.2) is 5.96 Å². The number of aliphatic imine (C=N–C) groups is 1. The van der Waals surface area contributed by atoms with Crippen LogP contribution in [0.5, 0.6) is 0 Å². The van der Waals surface area contributed by atoms with Crippen LogP contribution in [-0.2, 0) is 11.3 Å². The van der Waals surface area contributed by atoms with E-state index in [0.717, 1.165) is 63.4 Å². The van der Waals surface area contributed by atoms with Gasteiger partial charge in [0.25, 0.3) is 0 Å². The van der Waals surface area contributed by atoms with Gasteiger partial charge in [-0.25, -0.2) is 4.39 Å². The molecule has 28 heavy (non-hydrogen) atoms. The summed E-state index contributed by atoms with van der Waals surface area (Å²) in [7, 11) is 1.74. The Bertz CT molecular complexity index is 647. The van der Waals surface area contributed by atoms with Gasteiger partial charge in [0.2, 0.25) is 5.91 Å². The van der Waals surface area contributed by atoms with E-state index in [-0.39, 0.29) is 41.6 Å². The molecule has 2 rings (SSSR count). The molecule has 4 N–H and O–H groups in total. The first-order valence-corrected chi connectivity index (χ1v) is 9.71. The van der Waals surface area contributed by atoms with Crippen LogP contribution in [-0.4, -0.2) is 50.0 Å². The lowest BCUT2D eigenvalue weighted by Gasteiger charge is -2.30. The number of amides is 1. The highest BCUT2D eigenvalue weighted by Crippen LogP contribution is 2.16. The second-order valence-electron chi connectivity index (χ2n) is 7.16. The number of guanidine groups is 1. The first-order chi connectivity index (χ1) is 13.0. The molecule has 0 saturated carbocycles. The Balaban J connectivity index is 0.00000392. The van der Waals surface area contributed by atoms with Gasteiger partial charge in [0.1, 0.15) is 5.82 Å². The first kappa shape index (κ1) is 24.6. The molecule has 158 valence electrons. The molecule has 8 heteroatoms. The zero-order valence-electron chi connectivity index (χ0n) is 16.8. The number of nitrogens with zero attached hydrogens (tertiary/aromatic N) is 2. The van der Waals surface area contributed by atoms with Gasteiger partial charge in [-0.1, -0.05) is 12.1 Å². The first-order valence-electron chi connectivity index (χ1n) is 9.71. The molecule has 1 aromatic rings. The number of hydrogen-bond donors (Lipinski definition) is 3. The fourth-order valence-electron chi connectivity index (χ4n) is 3.33. The summed E-state index contributed by atoms with van der Waals surface area (Å²) in [5, 5.41) is 6.56. The minimum Gasteiger partial charge on any atom is -0.369 e. The van der Waals surface area contributed by atoms with Gasteiger partial charge in [-0.15, -0.1) is 24.0 Å². The van der Waals surface area contributed by atoms with Crippen LogP contribution in [0.4, 0.5) is 4.39 Å². The molecule has 1 aromatic carbocycles. The Hall–Kier alpha value is -1.42. The SMILES string of the molecule is CN=C(NCCCCN1CCC(C(N)=O)CC1)NCc1ccc(F)c(C)c1.I. The number of aryl methyl sites for hydroxylation is 1. The number of unbranched alkanes of at least 4 members (excludes halogenated alkanes) is 1. The number of piperidine rings is 1. The van der Waals surface area contributed by atoms with Gasteiger partial charge < -0.3 is 21.3 Å². The number of carbonyl (C=O) groups is 1. The molecule has 1 aliphatic rings. The van der Waals surface area contributed by atoms with Gasteiger partial charge in [0.05, 0.1) is 0 Å². The standard InChI is InChI=1S/C20H32FN5O.HI/c1-15-13-16(5-6-18(15)21)14-25-20(23-2)24-9-3-4-10-26-11-7-17(8-12-26)19(22)27;/h5-6,13,17H,3-4,7-12,14H2,1-2H3,(H2,22,27)(H2,23,24,25);1H. The van der Waals surface area contributed by atoms with E-state index in [2.05, 4.69) is 20.5 Å². The second-order valence-corrected chi connectivity index (χ2v) is 7.16. The van der Waals surface area contributed by atoms with Crippen molar-refractivity contribution in [3.63, 3.8) is 0 Å². The van der Waals surface area contributed by atoms with Crippen LogP contribution in [0.1, 0.15) is 36.8 Å². The number of nitrogens with one attached hydrogen (secondary N) is 2. The van der Waals surface area contributed by atoms with E-state index in [1.54, 1.807) is 20.0 Å². The number of halogens is 2. The van der Waals surface area contributed by atoms with E-state index in [1.807, 2.05) is 6.07 Å². The molecule has 0 atom stereocenters. The third-order valence-corrected chi connectivity index (χ3v) is 5.09. The maximum atomic E-state index is 13.3. The lowest BCUT2D eigenvalue weighted by molar-refractivity contribution is -0.123. The smallest absolute Gasteiger partial charge is 0.220 e. The molecule has 6 nitrogen and oxygen atoms in total. The average molecular weight is 505 g/mol. The van der Waals surface area contributed by atoms with Crippen LogP contribution in [0, 0.1) is 18.7 Å². The molecule has 0 spiro atoms. The number of carbonyl (C=O) groups excluding carboxylic acids is 1. The Morgan fingerprint density at radius 1 is 1.29 bits per heavy atom. The highest BCUT2D eigenvalue weighted by molar-refractivity contribution is 14.0. The van der Waals surface area contributed by atoms with Gasteiger partial charge in [-0.05, 0) is 69.4 Å². The predicted molar refractivity (Wildman–Crippen MR) is 122 cm³/mol. The van der Waals surface area contributed by atoms with Crippen LogP contribution in [0.3, 0.4) is 0 Å². The molecule has 0 unspecified atom stereocenters. The third kappa shape index (κ3) is 8.30. The quantitative estimate of drug-likeness (QED) is 0.219. The van der Waals surface area contributed by atoms with Crippen LogP contribution in [0.2, 0.25) is 0 Å². The third-order valence-electron chi connectivity index (χ3n) is 5.09. The number of primary amides is 1. The van der Waals surface area contributed by atoms with Crippen LogP contribution in [0.25, 0.3) is 0 Å².